The molecular formula is C70H135NO10. The number of hydrogen-bond donors (Lipinski definition) is 6. The van der Waals surface area contributed by atoms with Gasteiger partial charge in [-0.15, -0.1) is 0 Å². The summed E-state index contributed by atoms with van der Waals surface area (Å²) in [6, 6.07) is -1.02. The Balaban J connectivity index is 2.59. The number of carbonyl (C=O) groups excluding carboxylic acids is 2. The van der Waals surface area contributed by atoms with Crippen LogP contribution in [0.5, 0.6) is 0 Å². The van der Waals surface area contributed by atoms with Crippen LogP contribution in [-0.4, -0.2) is 99.6 Å². The predicted molar refractivity (Wildman–Crippen MR) is 338 cm³/mol. The lowest BCUT2D eigenvalue weighted by Crippen LogP contribution is -2.61. The van der Waals surface area contributed by atoms with Gasteiger partial charge in [-0.25, -0.2) is 0 Å². The van der Waals surface area contributed by atoms with E-state index in [1.54, 1.807) is 6.08 Å². The fraction of sp³-hybridized carbons (Fsp3) is 0.943. The topological polar surface area (TPSA) is 175 Å². The van der Waals surface area contributed by atoms with Crippen LogP contribution >= 0.6 is 0 Å². The predicted octanol–water partition coefficient (Wildman–Crippen LogP) is 17.9. The Labute approximate surface area is 499 Å². The van der Waals surface area contributed by atoms with Crippen molar-refractivity contribution in [3.63, 3.8) is 0 Å². The molecule has 480 valence electrons. The third-order valence-electron chi connectivity index (χ3n) is 17.2. The first-order valence-electron chi connectivity index (χ1n) is 35.5. The van der Waals surface area contributed by atoms with Gasteiger partial charge in [0, 0.05) is 6.42 Å². The fourth-order valence-corrected chi connectivity index (χ4v) is 11.6. The molecule has 0 saturated carbocycles. The van der Waals surface area contributed by atoms with E-state index in [1.165, 1.54) is 257 Å². The lowest BCUT2D eigenvalue weighted by Gasteiger charge is -2.41. The van der Waals surface area contributed by atoms with E-state index in [0.717, 1.165) is 57.8 Å². The molecule has 1 amide bonds. The third-order valence-corrected chi connectivity index (χ3v) is 17.2. The first-order chi connectivity index (χ1) is 39.7. The van der Waals surface area contributed by atoms with E-state index in [-0.39, 0.29) is 13.0 Å². The van der Waals surface area contributed by atoms with E-state index >= 15 is 0 Å². The highest BCUT2D eigenvalue weighted by molar-refractivity contribution is 5.80. The number of rotatable bonds is 62. The number of hydrogen-bond acceptors (Lipinski definition) is 10. The Kier molecular flexibility index (Phi) is 56.2. The molecule has 81 heavy (non-hydrogen) atoms. The van der Waals surface area contributed by atoms with Crippen LogP contribution < -0.4 is 5.32 Å². The van der Waals surface area contributed by atoms with Crippen LogP contribution in [0.3, 0.4) is 0 Å². The van der Waals surface area contributed by atoms with Gasteiger partial charge in [-0.2, -0.15) is 0 Å². The van der Waals surface area contributed by atoms with Crippen LogP contribution in [0.2, 0.25) is 0 Å². The normalized spacial score (nSPS) is 18.6. The zero-order valence-electron chi connectivity index (χ0n) is 53.4. The fourth-order valence-electron chi connectivity index (χ4n) is 11.6. The van der Waals surface area contributed by atoms with Crippen molar-refractivity contribution in [2.24, 2.45) is 0 Å². The van der Waals surface area contributed by atoms with Crippen LogP contribution in [0.15, 0.2) is 12.2 Å². The average Bonchev–Trinajstić information content (AvgIpc) is 3.48. The Hall–Kier alpha value is -1.60. The maximum absolute atomic E-state index is 13.5. The molecule has 8 unspecified atom stereocenters. The standard InChI is InChI=1S/C70H135NO10/c1-4-7-10-13-16-19-22-25-27-29-31-32-33-35-37-40-43-46-49-52-55-58-65(75)81-68-67(77)66(76)64(59-72)80-70(68)79-60-61(62(73)56-53-50-47-44-41-38-24-21-18-15-12-9-6-3)71-69(78)63(74)57-54-51-48-45-42-39-36-34-30-28-26-23-20-17-14-11-8-5-2/h53,56,61-64,66-68,70,72-74,76-77H,4-52,54-55,57-60H2,1-3H3,(H,71,78)/b56-53+. The van der Waals surface area contributed by atoms with Crippen molar-refractivity contribution in [1.29, 1.82) is 0 Å². The van der Waals surface area contributed by atoms with Gasteiger partial charge >= 0.3 is 5.97 Å². The summed E-state index contributed by atoms with van der Waals surface area (Å²) in [6.07, 6.45) is 58.2. The largest absolute Gasteiger partial charge is 0.454 e. The maximum atomic E-state index is 13.5. The molecule has 6 N–H and O–H groups in total. The van der Waals surface area contributed by atoms with Gasteiger partial charge in [0.25, 0.3) is 0 Å². The second-order valence-electron chi connectivity index (χ2n) is 25.0. The molecule has 0 aromatic carbocycles. The molecule has 1 aliphatic rings. The van der Waals surface area contributed by atoms with Gasteiger partial charge in [-0.05, 0) is 25.7 Å². The lowest BCUT2D eigenvalue weighted by molar-refractivity contribution is -0.305. The zero-order valence-corrected chi connectivity index (χ0v) is 53.4. The summed E-state index contributed by atoms with van der Waals surface area (Å²) < 4.78 is 17.7. The van der Waals surface area contributed by atoms with Crippen LogP contribution in [0, 0.1) is 0 Å². The number of aliphatic hydroxyl groups excluding tert-OH is 5. The summed E-state index contributed by atoms with van der Waals surface area (Å²) in [7, 11) is 0. The highest BCUT2D eigenvalue weighted by Crippen LogP contribution is 2.27. The molecule has 1 aliphatic heterocycles. The number of esters is 1. The van der Waals surface area contributed by atoms with E-state index in [2.05, 4.69) is 26.1 Å². The average molecular weight is 1150 g/mol. The highest BCUT2D eigenvalue weighted by atomic mass is 16.7. The van der Waals surface area contributed by atoms with E-state index < -0.39 is 67.4 Å². The molecule has 11 nitrogen and oxygen atoms in total. The monoisotopic (exact) mass is 1150 g/mol. The second kappa shape index (κ2) is 58.8. The molecule has 1 saturated heterocycles. The van der Waals surface area contributed by atoms with Gasteiger partial charge < -0.3 is 45.1 Å². The molecule has 0 bridgehead atoms. The number of nitrogens with one attached hydrogen (secondary N) is 1. The van der Waals surface area contributed by atoms with Crippen LogP contribution in [0.25, 0.3) is 0 Å². The Morgan fingerprint density at radius 2 is 0.802 bits per heavy atom. The molecule has 11 heteroatoms. The summed E-state index contributed by atoms with van der Waals surface area (Å²) in [4.78, 5) is 26.7. The van der Waals surface area contributed by atoms with Crippen molar-refractivity contribution in [2.45, 2.75) is 410 Å². The highest BCUT2D eigenvalue weighted by Gasteiger charge is 2.47. The third kappa shape index (κ3) is 46.3. The molecule has 0 aromatic rings. The van der Waals surface area contributed by atoms with Gasteiger partial charge in [0.05, 0.1) is 25.4 Å². The minimum Gasteiger partial charge on any atom is -0.454 e. The van der Waals surface area contributed by atoms with Crippen LogP contribution in [0.4, 0.5) is 0 Å². The number of ether oxygens (including phenoxy) is 3. The van der Waals surface area contributed by atoms with Gasteiger partial charge in [-0.3, -0.25) is 9.59 Å². The smallest absolute Gasteiger partial charge is 0.306 e. The maximum Gasteiger partial charge on any atom is 0.306 e. The van der Waals surface area contributed by atoms with Crippen LogP contribution in [-0.2, 0) is 23.8 Å². The van der Waals surface area contributed by atoms with E-state index in [1.807, 2.05) is 6.08 Å². The molecule has 0 aliphatic carbocycles. The van der Waals surface area contributed by atoms with Crippen molar-refractivity contribution < 1.29 is 49.3 Å². The molecule has 1 fully saturated rings. The van der Waals surface area contributed by atoms with E-state index in [4.69, 9.17) is 14.2 Å². The molecule has 8 atom stereocenters. The first-order valence-corrected chi connectivity index (χ1v) is 35.5. The van der Waals surface area contributed by atoms with Gasteiger partial charge in [0.15, 0.2) is 12.4 Å². The lowest BCUT2D eigenvalue weighted by atomic mass is 9.99. The summed E-state index contributed by atoms with van der Waals surface area (Å²) in [5, 5.41) is 57.2. The summed E-state index contributed by atoms with van der Waals surface area (Å²) in [5.74, 6) is -1.17. The molecule has 0 aromatic heterocycles. The van der Waals surface area contributed by atoms with Crippen molar-refractivity contribution in [1.82, 2.24) is 5.32 Å². The number of aliphatic hydroxyl groups is 5. The summed E-state index contributed by atoms with van der Waals surface area (Å²) in [6.45, 7) is 5.86. The van der Waals surface area contributed by atoms with Crippen molar-refractivity contribution in [3.8, 4) is 0 Å². The minimum atomic E-state index is -1.61. The molecule has 0 spiro atoms. The van der Waals surface area contributed by atoms with Crippen molar-refractivity contribution in [3.05, 3.63) is 12.2 Å². The second-order valence-corrected chi connectivity index (χ2v) is 25.0. The minimum absolute atomic E-state index is 0.132. The first kappa shape index (κ1) is 77.4. The van der Waals surface area contributed by atoms with Crippen LogP contribution in [0.1, 0.15) is 361 Å². The Bertz CT molecular complexity index is 1370. The number of allylic oxidation sites excluding steroid dienone is 1. The van der Waals surface area contributed by atoms with Gasteiger partial charge in [-0.1, -0.05) is 341 Å². The SMILES string of the molecule is CCCCCCCCCCCCC/C=C/C(O)C(COC1OC(CO)C(O)C(O)C1OC(=O)CCCCCCCCCCCCCCCCCCCCCCC)NC(=O)C(O)CCCCCCCCCCCCCCCCCCCC. The molecule has 1 rings (SSSR count). The van der Waals surface area contributed by atoms with E-state index in [9.17, 15) is 35.1 Å². The quantitative estimate of drug-likeness (QED) is 0.0195. The number of amides is 1. The Morgan fingerprint density at radius 3 is 1.16 bits per heavy atom. The Morgan fingerprint density at radius 1 is 0.469 bits per heavy atom. The molecule has 1 heterocycles. The van der Waals surface area contributed by atoms with Crippen molar-refractivity contribution >= 4 is 11.9 Å². The van der Waals surface area contributed by atoms with Crippen molar-refractivity contribution in [2.75, 3.05) is 13.2 Å². The summed E-state index contributed by atoms with van der Waals surface area (Å²) >= 11 is 0. The van der Waals surface area contributed by atoms with Gasteiger partial charge in [0.1, 0.15) is 24.4 Å². The number of unbranched alkanes of at least 4 members (excludes halogenated alkanes) is 48. The van der Waals surface area contributed by atoms with Gasteiger partial charge in [0.2, 0.25) is 5.91 Å². The molecular weight excluding hydrogens is 1010 g/mol. The molecule has 0 radical (unpaired) electrons. The van der Waals surface area contributed by atoms with E-state index in [0.29, 0.717) is 19.3 Å². The zero-order chi connectivity index (χ0) is 58.9. The number of carbonyl (C=O) groups is 2. The summed E-state index contributed by atoms with van der Waals surface area (Å²) in [5.41, 5.74) is 0.